The maximum Gasteiger partial charge on any atom is 0.330 e. The van der Waals surface area contributed by atoms with Gasteiger partial charge in [0, 0.05) is 12.2 Å². The minimum absolute atomic E-state index is 0.00360. The van der Waals surface area contributed by atoms with E-state index < -0.39 is 8.32 Å². The zero-order valence-corrected chi connectivity index (χ0v) is 20.3. The number of ether oxygens (including phenoxy) is 1. The molecule has 0 spiro atoms. The Morgan fingerprint density at radius 1 is 0.935 bits per heavy atom. The topological polar surface area (TPSA) is 35.5 Å². The van der Waals surface area contributed by atoms with Gasteiger partial charge in [0.25, 0.3) is 8.32 Å². The van der Waals surface area contributed by atoms with Crippen LogP contribution in [0.2, 0.25) is 5.04 Å². The molecule has 2 aromatic carbocycles. The van der Waals surface area contributed by atoms with Crippen molar-refractivity contribution in [1.29, 1.82) is 0 Å². The molecule has 0 unspecified atom stereocenters. The Balaban J connectivity index is 1.83. The van der Waals surface area contributed by atoms with Crippen LogP contribution in [-0.2, 0) is 14.0 Å². The molecule has 1 aliphatic rings. The summed E-state index contributed by atoms with van der Waals surface area (Å²) in [5.41, 5.74) is 0. The highest BCUT2D eigenvalue weighted by Crippen LogP contribution is 2.40. The van der Waals surface area contributed by atoms with E-state index in [9.17, 15) is 4.79 Å². The molecule has 1 saturated carbocycles. The Morgan fingerprint density at radius 2 is 1.45 bits per heavy atom. The summed E-state index contributed by atoms with van der Waals surface area (Å²) < 4.78 is 12.3. The van der Waals surface area contributed by atoms with E-state index in [1.54, 1.807) is 6.08 Å². The van der Waals surface area contributed by atoms with E-state index in [1.165, 1.54) is 10.4 Å². The maximum absolute atomic E-state index is 11.6. The first-order chi connectivity index (χ1) is 14.9. The number of allylic oxidation sites excluding steroid dienone is 1. The minimum Gasteiger partial charge on any atom is -0.463 e. The molecule has 0 atom stereocenters. The third-order valence-electron chi connectivity index (χ3n) is 6.27. The van der Waals surface area contributed by atoms with Gasteiger partial charge in [-0.15, -0.1) is 0 Å². The van der Waals surface area contributed by atoms with Crippen molar-refractivity contribution < 1.29 is 14.0 Å². The molecule has 1 fully saturated rings. The molecule has 0 aliphatic heterocycles. The van der Waals surface area contributed by atoms with Gasteiger partial charge in [0.05, 0.1) is 6.61 Å². The van der Waals surface area contributed by atoms with Crippen molar-refractivity contribution in [2.75, 3.05) is 6.61 Å². The molecule has 4 heteroatoms. The number of carbonyl (C=O) groups excluding carboxylic acids is 1. The van der Waals surface area contributed by atoms with Gasteiger partial charge in [0.15, 0.2) is 0 Å². The Hall–Kier alpha value is -2.17. The average molecular weight is 437 g/mol. The largest absolute Gasteiger partial charge is 0.463 e. The highest BCUT2D eigenvalue weighted by molar-refractivity contribution is 6.99. The molecule has 3 rings (SSSR count). The predicted molar refractivity (Wildman–Crippen MR) is 130 cm³/mol. The Labute approximate surface area is 188 Å². The van der Waals surface area contributed by atoms with Crippen LogP contribution in [0.1, 0.15) is 53.4 Å². The lowest BCUT2D eigenvalue weighted by atomic mass is 9.87. The van der Waals surface area contributed by atoms with Crippen molar-refractivity contribution in [1.82, 2.24) is 0 Å². The first-order valence-corrected chi connectivity index (χ1v) is 13.4. The van der Waals surface area contributed by atoms with Crippen LogP contribution in [0.15, 0.2) is 72.8 Å². The number of esters is 1. The van der Waals surface area contributed by atoms with Crippen LogP contribution in [0, 0.1) is 5.92 Å². The van der Waals surface area contributed by atoms with E-state index in [1.807, 2.05) is 13.0 Å². The second kappa shape index (κ2) is 10.4. The van der Waals surface area contributed by atoms with Gasteiger partial charge in [-0.3, -0.25) is 0 Å². The van der Waals surface area contributed by atoms with Crippen molar-refractivity contribution >= 4 is 24.7 Å². The summed E-state index contributed by atoms with van der Waals surface area (Å²) in [7, 11) is -2.50. The molecular formula is C27H36O3Si. The summed E-state index contributed by atoms with van der Waals surface area (Å²) in [5.74, 6) is 0.177. The molecule has 1 aliphatic carbocycles. The Bertz CT molecular complexity index is 808. The summed E-state index contributed by atoms with van der Waals surface area (Å²) >= 11 is 0. The molecule has 3 nitrogen and oxygen atoms in total. The van der Waals surface area contributed by atoms with Crippen LogP contribution < -0.4 is 10.4 Å². The van der Waals surface area contributed by atoms with Crippen LogP contribution >= 0.6 is 0 Å². The summed E-state index contributed by atoms with van der Waals surface area (Å²) in [5, 5.41) is 2.66. The van der Waals surface area contributed by atoms with E-state index in [2.05, 4.69) is 81.4 Å². The number of hydrogen-bond donors (Lipinski definition) is 0. The van der Waals surface area contributed by atoms with Crippen LogP contribution in [0.5, 0.6) is 0 Å². The van der Waals surface area contributed by atoms with Gasteiger partial charge in [0.2, 0.25) is 0 Å². The summed E-state index contributed by atoms with van der Waals surface area (Å²) in [4.78, 5) is 11.6. The zero-order valence-electron chi connectivity index (χ0n) is 19.3. The first-order valence-electron chi connectivity index (χ1n) is 11.5. The van der Waals surface area contributed by atoms with Gasteiger partial charge >= 0.3 is 5.97 Å². The second-order valence-corrected chi connectivity index (χ2v) is 13.7. The van der Waals surface area contributed by atoms with Crippen molar-refractivity contribution in [3.05, 3.63) is 72.8 Å². The van der Waals surface area contributed by atoms with E-state index >= 15 is 0 Å². The predicted octanol–water partition coefficient (Wildman–Crippen LogP) is 5.24. The summed E-state index contributed by atoms with van der Waals surface area (Å²) in [6.45, 7) is 9.23. The smallest absolute Gasteiger partial charge is 0.330 e. The molecule has 0 saturated heterocycles. The number of rotatable bonds is 7. The van der Waals surface area contributed by atoms with Crippen molar-refractivity contribution in [2.45, 2.75) is 64.5 Å². The Kier molecular flexibility index (Phi) is 7.90. The molecule has 0 radical (unpaired) electrons. The molecule has 0 N–H and O–H groups in total. The fraction of sp³-hybridized carbons (Fsp3) is 0.444. The van der Waals surface area contributed by atoms with Gasteiger partial charge in [-0.05, 0) is 53.9 Å². The number of hydrogen-bond acceptors (Lipinski definition) is 3. The van der Waals surface area contributed by atoms with Gasteiger partial charge in [-0.2, -0.15) is 0 Å². The van der Waals surface area contributed by atoms with Crippen LogP contribution in [0.4, 0.5) is 0 Å². The quantitative estimate of drug-likeness (QED) is 0.338. The molecule has 0 aromatic heterocycles. The fourth-order valence-electron chi connectivity index (χ4n) is 4.75. The highest BCUT2D eigenvalue weighted by atomic mass is 28.4. The fourth-order valence-corrected chi connectivity index (χ4v) is 9.50. The molecule has 0 bridgehead atoms. The molecule has 166 valence electrons. The number of carbonyl (C=O) groups is 1. The van der Waals surface area contributed by atoms with Crippen molar-refractivity contribution in [3.63, 3.8) is 0 Å². The molecule has 31 heavy (non-hydrogen) atoms. The summed E-state index contributed by atoms with van der Waals surface area (Å²) in [6.07, 6.45) is 7.97. The van der Waals surface area contributed by atoms with E-state index in [-0.39, 0.29) is 17.1 Å². The maximum atomic E-state index is 11.6. The van der Waals surface area contributed by atoms with Gasteiger partial charge in [0.1, 0.15) is 0 Å². The third kappa shape index (κ3) is 5.55. The zero-order chi connectivity index (χ0) is 22.3. The van der Waals surface area contributed by atoms with Gasteiger partial charge in [-0.1, -0.05) is 87.5 Å². The molecule has 0 heterocycles. The lowest BCUT2D eigenvalue weighted by Gasteiger charge is -2.46. The Morgan fingerprint density at radius 3 is 1.90 bits per heavy atom. The first kappa shape index (κ1) is 23.5. The lowest BCUT2D eigenvalue weighted by Crippen LogP contribution is -2.67. The van der Waals surface area contributed by atoms with Crippen LogP contribution in [-0.4, -0.2) is 27.0 Å². The number of benzene rings is 2. The van der Waals surface area contributed by atoms with E-state index in [0.717, 1.165) is 25.7 Å². The minimum atomic E-state index is -2.50. The lowest BCUT2D eigenvalue weighted by molar-refractivity contribution is -0.137. The van der Waals surface area contributed by atoms with Crippen LogP contribution in [0.3, 0.4) is 0 Å². The van der Waals surface area contributed by atoms with Crippen molar-refractivity contribution in [2.24, 2.45) is 5.92 Å². The SMILES string of the molecule is CCOC(=O)/C=C/[C@H]1CC[C@H](O[Si](c2ccccc2)(c2ccccc2)C(C)(C)C)CC1. The van der Waals surface area contributed by atoms with E-state index in [0.29, 0.717) is 12.5 Å². The van der Waals surface area contributed by atoms with Crippen molar-refractivity contribution in [3.8, 4) is 0 Å². The average Bonchev–Trinajstić information content (AvgIpc) is 2.77. The van der Waals surface area contributed by atoms with Gasteiger partial charge in [-0.25, -0.2) is 4.79 Å². The van der Waals surface area contributed by atoms with Crippen LogP contribution in [0.25, 0.3) is 0 Å². The second-order valence-electron chi connectivity index (χ2n) is 9.43. The van der Waals surface area contributed by atoms with Gasteiger partial charge < -0.3 is 9.16 Å². The molecular weight excluding hydrogens is 400 g/mol. The third-order valence-corrected chi connectivity index (χ3v) is 11.4. The molecule has 0 amide bonds. The summed E-state index contributed by atoms with van der Waals surface area (Å²) in [6, 6.07) is 21.7. The van der Waals surface area contributed by atoms with E-state index in [4.69, 9.17) is 9.16 Å². The highest BCUT2D eigenvalue weighted by Gasteiger charge is 2.51. The molecule has 2 aromatic rings. The monoisotopic (exact) mass is 436 g/mol. The standard InChI is InChI=1S/C27H36O3Si/c1-5-29-26(28)21-18-22-16-19-23(20-17-22)30-31(27(2,3)4,24-12-8-6-9-13-24)25-14-10-7-11-15-25/h6-15,18,21-23H,5,16-17,19-20H2,1-4H3/b21-18+/t22-,23-. The normalized spacial score (nSPS) is 20.0.